The predicted molar refractivity (Wildman–Crippen MR) is 91.0 cm³/mol. The summed E-state index contributed by atoms with van der Waals surface area (Å²) < 4.78 is 5.68. The Bertz CT molecular complexity index is 739. The number of hydrogen-bond acceptors (Lipinski definition) is 6. The van der Waals surface area contributed by atoms with Crippen LogP contribution < -0.4 is 0 Å². The summed E-state index contributed by atoms with van der Waals surface area (Å²) in [5, 5.41) is 21.9. The molecule has 0 fully saturated rings. The van der Waals surface area contributed by atoms with E-state index in [1.165, 1.54) is 12.1 Å². The van der Waals surface area contributed by atoms with Crippen molar-refractivity contribution in [3.63, 3.8) is 0 Å². The number of nitrogens with zero attached hydrogens (tertiary/aromatic N) is 2. The Morgan fingerprint density at radius 3 is 2.25 bits per heavy atom. The van der Waals surface area contributed by atoms with Crippen molar-refractivity contribution in [2.75, 3.05) is 0 Å². The van der Waals surface area contributed by atoms with Gasteiger partial charge in [-0.15, -0.1) is 0 Å². The van der Waals surface area contributed by atoms with Gasteiger partial charge in [0.05, 0.1) is 22.0 Å². The molecule has 0 aliphatic carbocycles. The standard InChI is InChI=1S/C16H16N2O5S/c1-11(13-6-4-3-5-7-13)12(2)23-24-16-9-8-14(17(19)20)10-15(16)18(21)22/h3-12H,1-2H3. The molecule has 0 heterocycles. The first-order chi connectivity index (χ1) is 11.4. The molecule has 0 aliphatic heterocycles. The average Bonchev–Trinajstić information content (AvgIpc) is 2.59. The second-order valence-corrected chi connectivity index (χ2v) is 6.05. The van der Waals surface area contributed by atoms with Gasteiger partial charge >= 0.3 is 0 Å². The highest BCUT2D eigenvalue weighted by atomic mass is 32.2. The maximum Gasteiger partial charge on any atom is 0.292 e. The molecule has 2 atom stereocenters. The van der Waals surface area contributed by atoms with Crippen molar-refractivity contribution >= 4 is 23.4 Å². The molecular formula is C16H16N2O5S. The monoisotopic (exact) mass is 348 g/mol. The zero-order valence-corrected chi connectivity index (χ0v) is 13.9. The van der Waals surface area contributed by atoms with Gasteiger partial charge in [0.15, 0.2) is 0 Å². The van der Waals surface area contributed by atoms with E-state index in [-0.39, 0.29) is 28.3 Å². The van der Waals surface area contributed by atoms with E-state index in [9.17, 15) is 20.2 Å². The summed E-state index contributed by atoms with van der Waals surface area (Å²) in [7, 11) is 0. The van der Waals surface area contributed by atoms with Crippen LogP contribution in [0.25, 0.3) is 0 Å². The van der Waals surface area contributed by atoms with Crippen molar-refractivity contribution in [3.8, 4) is 0 Å². The third kappa shape index (κ3) is 4.30. The molecule has 8 heteroatoms. The molecule has 2 unspecified atom stereocenters. The third-order valence-corrected chi connectivity index (χ3v) is 4.59. The van der Waals surface area contributed by atoms with Crippen LogP contribution in [0.4, 0.5) is 11.4 Å². The summed E-state index contributed by atoms with van der Waals surface area (Å²) in [5.74, 6) is 0.0933. The molecule has 0 amide bonds. The second-order valence-electron chi connectivity index (χ2n) is 5.25. The Labute approximate surface area is 143 Å². The number of non-ortho nitro benzene ring substituents is 1. The molecule has 0 bridgehead atoms. The van der Waals surface area contributed by atoms with Crippen LogP contribution in [-0.4, -0.2) is 16.0 Å². The Morgan fingerprint density at radius 1 is 1.00 bits per heavy atom. The molecule has 24 heavy (non-hydrogen) atoms. The fourth-order valence-corrected chi connectivity index (χ4v) is 2.84. The van der Waals surface area contributed by atoms with E-state index in [1.54, 1.807) is 0 Å². The number of nitro groups is 2. The summed E-state index contributed by atoms with van der Waals surface area (Å²) in [4.78, 5) is 20.8. The minimum absolute atomic E-state index is 0.0933. The molecule has 0 saturated carbocycles. The molecule has 0 radical (unpaired) electrons. The smallest absolute Gasteiger partial charge is 0.292 e. The number of rotatable bonds is 7. The SMILES string of the molecule is CC(OSc1ccc([N+](=O)[O-])cc1[N+](=O)[O-])C(C)c1ccccc1. The lowest BCUT2D eigenvalue weighted by Crippen LogP contribution is -2.13. The second kappa shape index (κ2) is 7.89. The number of nitro benzene ring substituents is 2. The Balaban J connectivity index is 2.11. The Morgan fingerprint density at radius 2 is 1.67 bits per heavy atom. The first kappa shape index (κ1) is 17.9. The summed E-state index contributed by atoms with van der Waals surface area (Å²) in [6, 6.07) is 13.3. The van der Waals surface area contributed by atoms with Gasteiger partial charge in [0.25, 0.3) is 11.4 Å². The fraction of sp³-hybridized carbons (Fsp3) is 0.250. The average molecular weight is 348 g/mol. The first-order valence-corrected chi connectivity index (χ1v) is 7.95. The molecule has 2 aromatic rings. The van der Waals surface area contributed by atoms with E-state index in [2.05, 4.69) is 0 Å². The van der Waals surface area contributed by atoms with Crippen LogP contribution in [0.5, 0.6) is 0 Å². The van der Waals surface area contributed by atoms with E-state index in [0.717, 1.165) is 23.7 Å². The van der Waals surface area contributed by atoms with E-state index in [1.807, 2.05) is 44.2 Å². The maximum absolute atomic E-state index is 11.1. The van der Waals surface area contributed by atoms with Crippen molar-refractivity contribution in [3.05, 3.63) is 74.3 Å². The van der Waals surface area contributed by atoms with Gasteiger partial charge in [-0.1, -0.05) is 37.3 Å². The molecule has 0 aliphatic rings. The Hall–Kier alpha value is -2.45. The van der Waals surface area contributed by atoms with E-state index in [4.69, 9.17) is 4.18 Å². The lowest BCUT2D eigenvalue weighted by molar-refractivity contribution is -0.396. The summed E-state index contributed by atoms with van der Waals surface area (Å²) >= 11 is 0.863. The van der Waals surface area contributed by atoms with Crippen molar-refractivity contribution in [2.45, 2.75) is 30.8 Å². The molecule has 126 valence electrons. The molecule has 7 nitrogen and oxygen atoms in total. The quantitative estimate of drug-likeness (QED) is 0.408. The lowest BCUT2D eigenvalue weighted by Gasteiger charge is -2.19. The molecule has 2 rings (SSSR count). The fourth-order valence-electron chi connectivity index (χ4n) is 2.07. The third-order valence-electron chi connectivity index (χ3n) is 3.67. The van der Waals surface area contributed by atoms with Crippen LogP contribution >= 0.6 is 12.0 Å². The van der Waals surface area contributed by atoms with Gasteiger partial charge in [-0.3, -0.25) is 20.2 Å². The van der Waals surface area contributed by atoms with Gasteiger partial charge in [-0.05, 0) is 18.6 Å². The van der Waals surface area contributed by atoms with Crippen LogP contribution in [-0.2, 0) is 4.18 Å². The minimum atomic E-state index is -0.664. The predicted octanol–water partition coefficient (Wildman–Crippen LogP) is 4.72. The topological polar surface area (TPSA) is 95.5 Å². The van der Waals surface area contributed by atoms with Crippen LogP contribution in [0.3, 0.4) is 0 Å². The van der Waals surface area contributed by atoms with Gasteiger partial charge in [-0.2, -0.15) is 0 Å². The van der Waals surface area contributed by atoms with E-state index >= 15 is 0 Å². The zero-order valence-electron chi connectivity index (χ0n) is 13.1. The van der Waals surface area contributed by atoms with Gasteiger partial charge in [0, 0.05) is 24.0 Å². The van der Waals surface area contributed by atoms with E-state index < -0.39 is 9.85 Å². The van der Waals surface area contributed by atoms with Gasteiger partial charge < -0.3 is 4.18 Å². The highest BCUT2D eigenvalue weighted by Gasteiger charge is 2.22. The van der Waals surface area contributed by atoms with Crippen LogP contribution in [0.15, 0.2) is 53.4 Å². The zero-order chi connectivity index (χ0) is 17.7. The first-order valence-electron chi connectivity index (χ1n) is 7.21. The summed E-state index contributed by atoms with van der Waals surface area (Å²) in [6.45, 7) is 3.88. The highest BCUT2D eigenvalue weighted by molar-refractivity contribution is 7.94. The van der Waals surface area contributed by atoms with Crippen LogP contribution in [0, 0.1) is 20.2 Å². The molecule has 0 aromatic heterocycles. The largest absolute Gasteiger partial charge is 0.306 e. The Kier molecular flexibility index (Phi) is 5.88. The number of hydrogen-bond donors (Lipinski definition) is 0. The molecule has 0 saturated heterocycles. The van der Waals surface area contributed by atoms with Crippen molar-refractivity contribution in [2.24, 2.45) is 0 Å². The van der Waals surface area contributed by atoms with Gasteiger partial charge in [-0.25, -0.2) is 0 Å². The minimum Gasteiger partial charge on any atom is -0.306 e. The van der Waals surface area contributed by atoms with Crippen molar-refractivity contribution in [1.29, 1.82) is 0 Å². The summed E-state index contributed by atoms with van der Waals surface area (Å²) in [6.07, 6.45) is -0.202. The normalized spacial score (nSPS) is 13.2. The maximum atomic E-state index is 11.1. The van der Waals surface area contributed by atoms with Crippen LogP contribution in [0.2, 0.25) is 0 Å². The van der Waals surface area contributed by atoms with E-state index in [0.29, 0.717) is 0 Å². The van der Waals surface area contributed by atoms with Crippen molar-refractivity contribution in [1.82, 2.24) is 0 Å². The summed E-state index contributed by atoms with van der Waals surface area (Å²) in [5.41, 5.74) is 0.439. The molecule has 2 aromatic carbocycles. The molecule has 0 N–H and O–H groups in total. The number of benzene rings is 2. The molecule has 0 spiro atoms. The highest BCUT2D eigenvalue weighted by Crippen LogP contribution is 2.35. The lowest BCUT2D eigenvalue weighted by atomic mass is 9.97. The van der Waals surface area contributed by atoms with Gasteiger partial charge in [0.2, 0.25) is 0 Å². The van der Waals surface area contributed by atoms with Crippen molar-refractivity contribution < 1.29 is 14.0 Å². The molecular weight excluding hydrogens is 332 g/mol. The van der Waals surface area contributed by atoms with Gasteiger partial charge in [0.1, 0.15) is 4.90 Å². The van der Waals surface area contributed by atoms with Crippen LogP contribution in [0.1, 0.15) is 25.3 Å².